The molecule has 12 heavy (non-hydrogen) atoms. The minimum Gasteiger partial charge on any atom is -0.377 e. The lowest BCUT2D eigenvalue weighted by Crippen LogP contribution is -2.32. The second-order valence-corrected chi connectivity index (χ2v) is 4.03. The second kappa shape index (κ2) is 3.56. The van der Waals surface area contributed by atoms with Crippen molar-refractivity contribution in [3.63, 3.8) is 0 Å². The monoisotopic (exact) mass is 168 g/mol. The van der Waals surface area contributed by atoms with E-state index in [9.17, 15) is 4.79 Å². The Labute approximate surface area is 73.3 Å². The highest BCUT2D eigenvalue weighted by Crippen LogP contribution is 2.29. The van der Waals surface area contributed by atoms with Crippen molar-refractivity contribution in [1.29, 1.82) is 0 Å². The first-order valence-corrected chi connectivity index (χ1v) is 4.98. The Kier molecular flexibility index (Phi) is 2.45. The zero-order valence-corrected chi connectivity index (χ0v) is 7.42. The molecule has 2 nitrogen and oxygen atoms in total. The van der Waals surface area contributed by atoms with E-state index in [2.05, 4.69) is 0 Å². The zero-order valence-electron chi connectivity index (χ0n) is 7.42. The van der Waals surface area contributed by atoms with Crippen LogP contribution in [0.4, 0.5) is 0 Å². The fourth-order valence-corrected chi connectivity index (χ4v) is 1.75. The first-order valence-electron chi connectivity index (χ1n) is 4.98. The van der Waals surface area contributed by atoms with Crippen LogP contribution < -0.4 is 0 Å². The number of ketones is 1. The van der Waals surface area contributed by atoms with E-state index in [4.69, 9.17) is 4.74 Å². The number of hydrogen-bond acceptors (Lipinski definition) is 2. The molecule has 0 atom stereocenters. The number of Topliss-reactive ketones (excluding diaryl/α,β-unsaturated/α-hetero) is 1. The Bertz CT molecular complexity index is 165. The van der Waals surface area contributed by atoms with Crippen LogP contribution in [0.3, 0.4) is 0 Å². The summed E-state index contributed by atoms with van der Waals surface area (Å²) >= 11 is 0. The predicted octanol–water partition coefficient (Wildman–Crippen LogP) is 1.92. The SMILES string of the molecule is O=C1CC(OCCC2CCC2)C1. The maximum Gasteiger partial charge on any atom is 0.138 e. The topological polar surface area (TPSA) is 26.3 Å². The second-order valence-electron chi connectivity index (χ2n) is 4.03. The summed E-state index contributed by atoms with van der Waals surface area (Å²) in [7, 11) is 0. The summed E-state index contributed by atoms with van der Waals surface area (Å²) in [4.78, 5) is 10.6. The molecule has 2 aliphatic rings. The van der Waals surface area contributed by atoms with Crippen molar-refractivity contribution in [2.45, 2.75) is 44.6 Å². The van der Waals surface area contributed by atoms with Gasteiger partial charge in [0.15, 0.2) is 0 Å². The molecule has 2 fully saturated rings. The molecule has 2 saturated carbocycles. The Morgan fingerprint density at radius 1 is 1.33 bits per heavy atom. The van der Waals surface area contributed by atoms with Crippen molar-refractivity contribution in [3.8, 4) is 0 Å². The first-order chi connectivity index (χ1) is 5.84. The molecule has 0 heterocycles. The van der Waals surface area contributed by atoms with Crippen LogP contribution in [-0.4, -0.2) is 18.5 Å². The Balaban J connectivity index is 1.48. The van der Waals surface area contributed by atoms with Crippen molar-refractivity contribution < 1.29 is 9.53 Å². The zero-order chi connectivity index (χ0) is 8.39. The highest BCUT2D eigenvalue weighted by molar-refractivity contribution is 5.85. The average Bonchev–Trinajstić information content (AvgIpc) is 1.90. The third kappa shape index (κ3) is 1.86. The standard InChI is InChI=1S/C10H16O2/c11-9-6-10(7-9)12-5-4-8-2-1-3-8/h8,10H,1-7H2. The van der Waals surface area contributed by atoms with Crippen LogP contribution in [0.25, 0.3) is 0 Å². The van der Waals surface area contributed by atoms with E-state index < -0.39 is 0 Å². The van der Waals surface area contributed by atoms with Gasteiger partial charge in [0.1, 0.15) is 5.78 Å². The van der Waals surface area contributed by atoms with Gasteiger partial charge in [0.2, 0.25) is 0 Å². The van der Waals surface area contributed by atoms with Crippen LogP contribution in [0.2, 0.25) is 0 Å². The van der Waals surface area contributed by atoms with Crippen molar-refractivity contribution in [1.82, 2.24) is 0 Å². The molecule has 0 amide bonds. The molecule has 0 spiro atoms. The van der Waals surface area contributed by atoms with Gasteiger partial charge in [0, 0.05) is 19.4 Å². The maximum atomic E-state index is 10.6. The van der Waals surface area contributed by atoms with Gasteiger partial charge in [-0.2, -0.15) is 0 Å². The van der Waals surface area contributed by atoms with Crippen molar-refractivity contribution in [2.75, 3.05) is 6.61 Å². The summed E-state index contributed by atoms with van der Waals surface area (Å²) < 4.78 is 5.53. The van der Waals surface area contributed by atoms with E-state index in [0.717, 1.165) is 12.5 Å². The summed E-state index contributed by atoms with van der Waals surface area (Å²) in [5.74, 6) is 1.30. The predicted molar refractivity (Wildman–Crippen MR) is 45.9 cm³/mol. The van der Waals surface area contributed by atoms with Gasteiger partial charge in [-0.25, -0.2) is 0 Å². The minimum atomic E-state index is 0.276. The van der Waals surface area contributed by atoms with E-state index in [1.165, 1.54) is 25.7 Å². The third-order valence-corrected chi connectivity index (χ3v) is 3.02. The number of carbonyl (C=O) groups excluding carboxylic acids is 1. The van der Waals surface area contributed by atoms with Gasteiger partial charge in [-0.1, -0.05) is 19.3 Å². The van der Waals surface area contributed by atoms with Crippen LogP contribution in [0.1, 0.15) is 38.5 Å². The smallest absolute Gasteiger partial charge is 0.138 e. The summed E-state index contributed by atoms with van der Waals surface area (Å²) in [6.45, 7) is 0.878. The highest BCUT2D eigenvalue weighted by Gasteiger charge is 2.27. The molecule has 0 aromatic heterocycles. The molecule has 0 N–H and O–H groups in total. The summed E-state index contributed by atoms with van der Waals surface area (Å²) in [6, 6.07) is 0. The number of hydrogen-bond donors (Lipinski definition) is 0. The van der Waals surface area contributed by atoms with Crippen molar-refractivity contribution in [3.05, 3.63) is 0 Å². The molecule has 2 heteroatoms. The molecule has 2 rings (SSSR count). The van der Waals surface area contributed by atoms with Crippen molar-refractivity contribution in [2.24, 2.45) is 5.92 Å². The van der Waals surface area contributed by atoms with Gasteiger partial charge < -0.3 is 4.74 Å². The molecule has 68 valence electrons. The Morgan fingerprint density at radius 3 is 2.58 bits per heavy atom. The van der Waals surface area contributed by atoms with Gasteiger partial charge in [0.25, 0.3) is 0 Å². The summed E-state index contributed by atoms with van der Waals surface area (Å²) in [5.41, 5.74) is 0. The fourth-order valence-electron chi connectivity index (χ4n) is 1.75. The van der Waals surface area contributed by atoms with E-state index >= 15 is 0 Å². The molecule has 0 aromatic carbocycles. The summed E-state index contributed by atoms with van der Waals surface area (Å²) in [5, 5.41) is 0. The van der Waals surface area contributed by atoms with Gasteiger partial charge in [-0.05, 0) is 12.3 Å². The molecule has 0 bridgehead atoms. The first kappa shape index (κ1) is 8.24. The quantitative estimate of drug-likeness (QED) is 0.641. The molecule has 0 saturated heterocycles. The van der Waals surface area contributed by atoms with E-state index in [0.29, 0.717) is 18.6 Å². The van der Waals surface area contributed by atoms with Gasteiger partial charge in [-0.15, -0.1) is 0 Å². The van der Waals surface area contributed by atoms with Crippen LogP contribution >= 0.6 is 0 Å². The molecular weight excluding hydrogens is 152 g/mol. The molecule has 0 aromatic rings. The lowest BCUT2D eigenvalue weighted by Gasteiger charge is -2.28. The molecule has 0 aliphatic heterocycles. The number of rotatable bonds is 4. The van der Waals surface area contributed by atoms with Gasteiger partial charge >= 0.3 is 0 Å². The molecular formula is C10H16O2. The summed E-state index contributed by atoms with van der Waals surface area (Å²) in [6.07, 6.45) is 7.03. The van der Waals surface area contributed by atoms with Crippen LogP contribution in [0.15, 0.2) is 0 Å². The van der Waals surface area contributed by atoms with Crippen LogP contribution in [0, 0.1) is 5.92 Å². The van der Waals surface area contributed by atoms with Gasteiger partial charge in [-0.3, -0.25) is 4.79 Å². The average molecular weight is 168 g/mol. The van der Waals surface area contributed by atoms with Gasteiger partial charge in [0.05, 0.1) is 6.10 Å². The Morgan fingerprint density at radius 2 is 2.08 bits per heavy atom. The maximum absolute atomic E-state index is 10.6. The fraction of sp³-hybridized carbons (Fsp3) is 0.900. The highest BCUT2D eigenvalue weighted by atomic mass is 16.5. The Hall–Kier alpha value is -0.370. The lowest BCUT2D eigenvalue weighted by molar-refractivity contribution is -0.134. The number of carbonyl (C=O) groups is 1. The molecule has 0 unspecified atom stereocenters. The molecule has 0 radical (unpaired) electrons. The van der Waals surface area contributed by atoms with E-state index in [-0.39, 0.29) is 6.10 Å². The molecule has 2 aliphatic carbocycles. The van der Waals surface area contributed by atoms with Crippen molar-refractivity contribution >= 4 is 5.78 Å². The van der Waals surface area contributed by atoms with E-state index in [1.54, 1.807) is 0 Å². The van der Waals surface area contributed by atoms with Crippen LogP contribution in [-0.2, 0) is 9.53 Å². The normalized spacial score (nSPS) is 25.2. The number of ether oxygens (including phenoxy) is 1. The lowest BCUT2D eigenvalue weighted by atomic mass is 9.83. The van der Waals surface area contributed by atoms with Crippen LogP contribution in [0.5, 0.6) is 0 Å². The third-order valence-electron chi connectivity index (χ3n) is 3.02. The largest absolute Gasteiger partial charge is 0.377 e. The minimum absolute atomic E-state index is 0.276. The van der Waals surface area contributed by atoms with E-state index in [1.807, 2.05) is 0 Å².